The summed E-state index contributed by atoms with van der Waals surface area (Å²) in [6.07, 6.45) is 3.96. The molecule has 1 aromatic rings. The number of nitrogens with zero attached hydrogens (tertiary/aromatic N) is 1. The Morgan fingerprint density at radius 2 is 1.90 bits per heavy atom. The molecule has 0 N–H and O–H groups in total. The molecule has 2 amide bonds. The van der Waals surface area contributed by atoms with E-state index in [2.05, 4.69) is 0 Å². The van der Waals surface area contributed by atoms with Gasteiger partial charge in [-0.15, -0.1) is 0 Å². The van der Waals surface area contributed by atoms with Gasteiger partial charge in [0.2, 0.25) is 11.8 Å². The number of hydrogen-bond acceptors (Lipinski definition) is 3. The molecule has 0 aromatic heterocycles. The molecule has 1 heterocycles. The Morgan fingerprint density at radius 3 is 2.55 bits per heavy atom. The molecular weight excluding hydrogens is 254 g/mol. The van der Waals surface area contributed by atoms with Gasteiger partial charge in [-0.25, -0.2) is 0 Å². The predicted octanol–water partition coefficient (Wildman–Crippen LogP) is 2.71. The number of rotatable bonds is 2. The number of imide groups is 1. The third-order valence-corrected chi connectivity index (χ3v) is 4.47. The lowest BCUT2D eigenvalue weighted by atomic mass is 9.84. The number of benzene rings is 1. The van der Waals surface area contributed by atoms with Crippen molar-refractivity contribution in [3.63, 3.8) is 0 Å². The molecule has 1 saturated carbocycles. The maximum atomic E-state index is 12.6. The van der Waals surface area contributed by atoms with Crippen LogP contribution in [-0.2, 0) is 9.59 Å². The van der Waals surface area contributed by atoms with Crippen molar-refractivity contribution in [3.8, 4) is 0 Å². The van der Waals surface area contributed by atoms with Crippen LogP contribution >= 0.6 is 0 Å². The third kappa shape index (κ3) is 1.87. The molecule has 0 bridgehead atoms. The summed E-state index contributed by atoms with van der Waals surface area (Å²) in [6, 6.07) is 6.76. The minimum absolute atomic E-state index is 0.0680. The molecule has 2 fully saturated rings. The number of hydrogen-bond donors (Lipinski definition) is 0. The first kappa shape index (κ1) is 13.0. The number of amides is 2. The second kappa shape index (κ2) is 4.54. The number of anilines is 1. The zero-order valence-electron chi connectivity index (χ0n) is 11.5. The van der Waals surface area contributed by atoms with Gasteiger partial charge >= 0.3 is 0 Å². The summed E-state index contributed by atoms with van der Waals surface area (Å²) in [6.45, 7) is 1.48. The van der Waals surface area contributed by atoms with Crippen molar-refractivity contribution < 1.29 is 14.4 Å². The van der Waals surface area contributed by atoms with Crippen LogP contribution in [-0.4, -0.2) is 17.6 Å². The molecule has 3 rings (SSSR count). The number of Topliss-reactive ketones (excluding diaryl/α,β-unsaturated/α-hetero) is 1. The van der Waals surface area contributed by atoms with Crippen LogP contribution < -0.4 is 4.90 Å². The molecule has 0 atom stereocenters. The predicted molar refractivity (Wildman–Crippen MR) is 74.5 cm³/mol. The number of carbonyl (C=O) groups is 3. The standard InChI is InChI=1S/C16H17NO3/c1-11(18)12-5-4-6-13(9-12)17-14(19)10-16(15(17)20)7-2-3-8-16/h4-6,9H,2-3,7-8,10H2,1H3. The van der Waals surface area contributed by atoms with Crippen LogP contribution in [0.25, 0.3) is 0 Å². The maximum absolute atomic E-state index is 12.6. The van der Waals surface area contributed by atoms with E-state index in [1.807, 2.05) is 0 Å². The largest absolute Gasteiger partial charge is 0.295 e. The highest BCUT2D eigenvalue weighted by Gasteiger charge is 2.53. The Labute approximate surface area is 117 Å². The van der Waals surface area contributed by atoms with E-state index < -0.39 is 5.41 Å². The van der Waals surface area contributed by atoms with Crippen LogP contribution in [0, 0.1) is 5.41 Å². The first-order valence-electron chi connectivity index (χ1n) is 7.02. The zero-order chi connectivity index (χ0) is 14.3. The minimum Gasteiger partial charge on any atom is -0.295 e. The zero-order valence-corrected chi connectivity index (χ0v) is 11.5. The van der Waals surface area contributed by atoms with E-state index >= 15 is 0 Å². The Balaban J connectivity index is 1.98. The molecule has 1 spiro atoms. The van der Waals surface area contributed by atoms with Crippen LogP contribution in [0.1, 0.15) is 49.4 Å². The van der Waals surface area contributed by atoms with E-state index in [-0.39, 0.29) is 17.6 Å². The van der Waals surface area contributed by atoms with Gasteiger partial charge in [-0.1, -0.05) is 25.0 Å². The lowest BCUT2D eigenvalue weighted by Gasteiger charge is -2.21. The van der Waals surface area contributed by atoms with Gasteiger partial charge in [-0.05, 0) is 31.9 Å². The maximum Gasteiger partial charge on any atom is 0.240 e. The fraction of sp³-hybridized carbons (Fsp3) is 0.438. The summed E-state index contributed by atoms with van der Waals surface area (Å²) in [4.78, 5) is 37.6. The van der Waals surface area contributed by atoms with Gasteiger partial charge in [0.25, 0.3) is 0 Å². The van der Waals surface area contributed by atoms with Crippen LogP contribution in [0.2, 0.25) is 0 Å². The average molecular weight is 271 g/mol. The minimum atomic E-state index is -0.469. The van der Waals surface area contributed by atoms with E-state index in [1.165, 1.54) is 11.8 Å². The van der Waals surface area contributed by atoms with Gasteiger partial charge in [0, 0.05) is 12.0 Å². The molecule has 104 valence electrons. The second-order valence-corrected chi connectivity index (χ2v) is 5.81. The summed E-state index contributed by atoms with van der Waals surface area (Å²) in [7, 11) is 0. The van der Waals surface area contributed by atoms with E-state index in [9.17, 15) is 14.4 Å². The fourth-order valence-corrected chi connectivity index (χ4v) is 3.36. The molecule has 4 nitrogen and oxygen atoms in total. The molecule has 0 unspecified atom stereocenters. The van der Waals surface area contributed by atoms with Crippen LogP contribution in [0.5, 0.6) is 0 Å². The summed E-state index contributed by atoms with van der Waals surface area (Å²) in [5.74, 6) is -0.292. The van der Waals surface area contributed by atoms with E-state index in [0.29, 0.717) is 17.7 Å². The van der Waals surface area contributed by atoms with Crippen molar-refractivity contribution in [1.82, 2.24) is 0 Å². The topological polar surface area (TPSA) is 54.5 Å². The molecule has 4 heteroatoms. The molecule has 1 aromatic carbocycles. The lowest BCUT2D eigenvalue weighted by molar-refractivity contribution is -0.125. The lowest BCUT2D eigenvalue weighted by Crippen LogP contribution is -2.34. The van der Waals surface area contributed by atoms with Gasteiger partial charge in [-0.2, -0.15) is 0 Å². The normalized spacial score (nSPS) is 20.9. The molecule has 20 heavy (non-hydrogen) atoms. The monoisotopic (exact) mass is 271 g/mol. The van der Waals surface area contributed by atoms with Gasteiger partial charge in [-0.3, -0.25) is 19.3 Å². The Morgan fingerprint density at radius 1 is 1.20 bits per heavy atom. The highest BCUT2D eigenvalue weighted by molar-refractivity contribution is 6.22. The van der Waals surface area contributed by atoms with Crippen molar-refractivity contribution in [2.45, 2.75) is 39.0 Å². The van der Waals surface area contributed by atoms with Crippen molar-refractivity contribution in [2.75, 3.05) is 4.90 Å². The molecular formula is C16H17NO3. The van der Waals surface area contributed by atoms with Crippen LogP contribution in [0.3, 0.4) is 0 Å². The van der Waals surface area contributed by atoms with E-state index in [4.69, 9.17) is 0 Å². The number of ketones is 1. The Kier molecular flexibility index (Phi) is 2.96. The molecule has 0 radical (unpaired) electrons. The molecule has 1 aliphatic carbocycles. The molecule has 2 aliphatic rings. The first-order valence-corrected chi connectivity index (χ1v) is 7.02. The SMILES string of the molecule is CC(=O)c1cccc(N2C(=O)CC3(CCCC3)C2=O)c1. The van der Waals surface area contributed by atoms with E-state index in [1.54, 1.807) is 24.3 Å². The van der Waals surface area contributed by atoms with Crippen molar-refractivity contribution in [2.24, 2.45) is 5.41 Å². The third-order valence-electron chi connectivity index (χ3n) is 4.47. The summed E-state index contributed by atoms with van der Waals surface area (Å²) >= 11 is 0. The Bertz CT molecular complexity index is 599. The van der Waals surface area contributed by atoms with E-state index in [0.717, 1.165) is 25.7 Å². The van der Waals surface area contributed by atoms with Crippen molar-refractivity contribution in [1.29, 1.82) is 0 Å². The second-order valence-electron chi connectivity index (χ2n) is 5.81. The summed E-state index contributed by atoms with van der Waals surface area (Å²) in [5, 5.41) is 0. The Hall–Kier alpha value is -1.97. The highest BCUT2D eigenvalue weighted by atomic mass is 16.2. The van der Waals surface area contributed by atoms with Crippen LogP contribution in [0.15, 0.2) is 24.3 Å². The van der Waals surface area contributed by atoms with Crippen molar-refractivity contribution in [3.05, 3.63) is 29.8 Å². The van der Waals surface area contributed by atoms with Gasteiger partial charge in [0.1, 0.15) is 0 Å². The van der Waals surface area contributed by atoms with Crippen LogP contribution in [0.4, 0.5) is 5.69 Å². The quantitative estimate of drug-likeness (QED) is 0.614. The van der Waals surface area contributed by atoms with Gasteiger partial charge in [0.15, 0.2) is 5.78 Å². The summed E-state index contributed by atoms with van der Waals surface area (Å²) in [5.41, 5.74) is 0.579. The fourth-order valence-electron chi connectivity index (χ4n) is 3.36. The van der Waals surface area contributed by atoms with Crippen molar-refractivity contribution >= 4 is 23.3 Å². The number of carbonyl (C=O) groups excluding carboxylic acids is 3. The first-order chi connectivity index (χ1) is 9.53. The summed E-state index contributed by atoms with van der Waals surface area (Å²) < 4.78 is 0. The molecule has 1 aliphatic heterocycles. The van der Waals surface area contributed by atoms with Gasteiger partial charge in [0.05, 0.1) is 11.1 Å². The average Bonchev–Trinajstić information content (AvgIpc) is 2.97. The highest BCUT2D eigenvalue weighted by Crippen LogP contribution is 2.47. The molecule has 1 saturated heterocycles. The smallest absolute Gasteiger partial charge is 0.240 e. The van der Waals surface area contributed by atoms with Gasteiger partial charge < -0.3 is 0 Å².